The summed E-state index contributed by atoms with van der Waals surface area (Å²) in [5.41, 5.74) is 0.528. The molecule has 0 saturated carbocycles. The lowest BCUT2D eigenvalue weighted by Crippen LogP contribution is -1.90. The predicted molar refractivity (Wildman–Crippen MR) is 27.7 cm³/mol. The Labute approximate surface area is 46.1 Å². The van der Waals surface area contributed by atoms with Gasteiger partial charge < -0.3 is 5.41 Å². The number of hydrogen-bond donors (Lipinski definition) is 1. The Morgan fingerprint density at radius 2 is 2.50 bits per heavy atom. The molecule has 0 aliphatic rings. The van der Waals surface area contributed by atoms with Gasteiger partial charge in [-0.05, 0) is 11.3 Å². The van der Waals surface area contributed by atoms with Gasteiger partial charge in [0.1, 0.15) is 5.69 Å². The molecule has 0 amide bonds. The van der Waals surface area contributed by atoms with Crippen LogP contribution >= 0.6 is 0 Å². The van der Waals surface area contributed by atoms with Gasteiger partial charge in [-0.1, -0.05) is 0 Å². The number of aromatic nitrogens is 3. The first-order valence-corrected chi connectivity index (χ1v) is 2.08. The standard InChI is InChI=1S/C4H4N4/c5-3-4-1-2-6-8-7-4/h1-3,5H. The molecule has 1 aromatic heterocycles. The summed E-state index contributed by atoms with van der Waals surface area (Å²) in [7, 11) is 0. The van der Waals surface area contributed by atoms with Crippen molar-refractivity contribution in [1.29, 1.82) is 5.41 Å². The second kappa shape index (κ2) is 2.11. The fourth-order valence-electron chi connectivity index (χ4n) is 0.327. The fraction of sp³-hybridized carbons (Fsp3) is 0. The lowest BCUT2D eigenvalue weighted by Gasteiger charge is -1.80. The number of hydrogen-bond acceptors (Lipinski definition) is 4. The normalized spacial score (nSPS) is 8.50. The first-order valence-electron chi connectivity index (χ1n) is 2.08. The summed E-state index contributed by atoms with van der Waals surface area (Å²) in [6, 6.07) is 1.61. The van der Waals surface area contributed by atoms with E-state index in [0.717, 1.165) is 6.21 Å². The molecule has 0 radical (unpaired) electrons. The van der Waals surface area contributed by atoms with Crippen LogP contribution in [0.2, 0.25) is 0 Å². The molecule has 0 spiro atoms. The highest BCUT2D eigenvalue weighted by Gasteiger charge is 1.81. The van der Waals surface area contributed by atoms with Crippen LogP contribution in [0.4, 0.5) is 0 Å². The number of nitrogens with zero attached hydrogens (tertiary/aromatic N) is 3. The van der Waals surface area contributed by atoms with E-state index in [1.54, 1.807) is 6.07 Å². The van der Waals surface area contributed by atoms with E-state index in [4.69, 9.17) is 5.41 Å². The fourth-order valence-corrected chi connectivity index (χ4v) is 0.327. The van der Waals surface area contributed by atoms with Gasteiger partial charge in [-0.2, -0.15) is 0 Å². The summed E-state index contributed by atoms with van der Waals surface area (Å²) in [5, 5.41) is 16.9. The molecular formula is C4H4N4. The topological polar surface area (TPSA) is 62.5 Å². The van der Waals surface area contributed by atoms with Gasteiger partial charge >= 0.3 is 0 Å². The van der Waals surface area contributed by atoms with Crippen molar-refractivity contribution in [3.63, 3.8) is 0 Å². The summed E-state index contributed by atoms with van der Waals surface area (Å²) in [6.45, 7) is 0. The minimum atomic E-state index is 0.528. The van der Waals surface area contributed by atoms with Gasteiger partial charge in [-0.25, -0.2) is 0 Å². The van der Waals surface area contributed by atoms with Crippen LogP contribution in [0.3, 0.4) is 0 Å². The molecule has 0 fully saturated rings. The van der Waals surface area contributed by atoms with E-state index in [-0.39, 0.29) is 0 Å². The second-order valence-electron chi connectivity index (χ2n) is 1.19. The Morgan fingerprint density at radius 3 is 2.88 bits per heavy atom. The maximum Gasteiger partial charge on any atom is 0.107 e. The molecule has 1 heterocycles. The first-order chi connectivity index (χ1) is 3.93. The third-order valence-electron chi connectivity index (χ3n) is 0.672. The summed E-state index contributed by atoms with van der Waals surface area (Å²) < 4.78 is 0. The van der Waals surface area contributed by atoms with E-state index >= 15 is 0 Å². The molecule has 8 heavy (non-hydrogen) atoms. The highest BCUT2D eigenvalue weighted by molar-refractivity contribution is 5.73. The van der Waals surface area contributed by atoms with Crippen LogP contribution in [0.25, 0.3) is 0 Å². The Kier molecular flexibility index (Phi) is 1.27. The average Bonchev–Trinajstić information content (AvgIpc) is 1.90. The van der Waals surface area contributed by atoms with Crippen LogP contribution in [-0.2, 0) is 0 Å². The zero-order valence-corrected chi connectivity index (χ0v) is 4.07. The molecule has 0 atom stereocenters. The average molecular weight is 108 g/mol. The molecule has 1 N–H and O–H groups in total. The van der Waals surface area contributed by atoms with E-state index in [1.807, 2.05) is 0 Å². The number of rotatable bonds is 1. The van der Waals surface area contributed by atoms with E-state index in [2.05, 4.69) is 15.4 Å². The molecule has 0 saturated heterocycles. The lowest BCUT2D eigenvalue weighted by atomic mass is 10.5. The SMILES string of the molecule is N=Cc1ccnnn1. The van der Waals surface area contributed by atoms with Crippen molar-refractivity contribution in [3.05, 3.63) is 18.0 Å². The Balaban J connectivity index is 2.99. The zero-order valence-electron chi connectivity index (χ0n) is 4.07. The molecule has 0 aliphatic carbocycles. The molecule has 0 aliphatic heterocycles. The highest BCUT2D eigenvalue weighted by atomic mass is 15.3. The van der Waals surface area contributed by atoms with Crippen LogP contribution in [0.5, 0.6) is 0 Å². The van der Waals surface area contributed by atoms with Gasteiger partial charge in [-0.15, -0.1) is 10.2 Å². The van der Waals surface area contributed by atoms with Crippen molar-refractivity contribution in [2.24, 2.45) is 0 Å². The van der Waals surface area contributed by atoms with Gasteiger partial charge in [-0.3, -0.25) is 0 Å². The molecule has 4 heteroatoms. The van der Waals surface area contributed by atoms with Crippen molar-refractivity contribution in [2.75, 3.05) is 0 Å². The van der Waals surface area contributed by atoms with Gasteiger partial charge in [0.25, 0.3) is 0 Å². The summed E-state index contributed by atoms with van der Waals surface area (Å²) in [4.78, 5) is 0. The molecule has 1 rings (SSSR count). The van der Waals surface area contributed by atoms with Crippen LogP contribution in [-0.4, -0.2) is 21.6 Å². The van der Waals surface area contributed by atoms with Gasteiger partial charge in [0.05, 0.1) is 6.20 Å². The summed E-state index contributed by atoms with van der Waals surface area (Å²) >= 11 is 0. The van der Waals surface area contributed by atoms with Crippen molar-refractivity contribution in [1.82, 2.24) is 15.4 Å². The minimum Gasteiger partial charge on any atom is -0.306 e. The molecule has 4 nitrogen and oxygen atoms in total. The monoisotopic (exact) mass is 108 g/mol. The van der Waals surface area contributed by atoms with E-state index in [0.29, 0.717) is 5.69 Å². The lowest BCUT2D eigenvalue weighted by molar-refractivity contribution is 0.859. The largest absolute Gasteiger partial charge is 0.306 e. The molecule has 1 aromatic rings. The van der Waals surface area contributed by atoms with Crippen LogP contribution in [0.1, 0.15) is 5.69 Å². The van der Waals surface area contributed by atoms with E-state index < -0.39 is 0 Å². The first kappa shape index (κ1) is 4.83. The van der Waals surface area contributed by atoms with Gasteiger partial charge in [0.15, 0.2) is 0 Å². The molecule has 0 unspecified atom stereocenters. The van der Waals surface area contributed by atoms with Gasteiger partial charge in [0, 0.05) is 6.21 Å². The van der Waals surface area contributed by atoms with Crippen molar-refractivity contribution in [3.8, 4) is 0 Å². The van der Waals surface area contributed by atoms with Crippen molar-refractivity contribution >= 4 is 6.21 Å². The maximum atomic E-state index is 6.69. The third kappa shape index (κ3) is 0.841. The quantitative estimate of drug-likeness (QED) is 0.509. The van der Waals surface area contributed by atoms with Crippen LogP contribution < -0.4 is 0 Å². The summed E-state index contributed by atoms with van der Waals surface area (Å²) in [6.07, 6.45) is 2.61. The Bertz CT molecular complexity index is 171. The third-order valence-corrected chi connectivity index (χ3v) is 0.672. The maximum absolute atomic E-state index is 6.69. The second-order valence-corrected chi connectivity index (χ2v) is 1.19. The van der Waals surface area contributed by atoms with Gasteiger partial charge in [0.2, 0.25) is 0 Å². The number of nitrogens with one attached hydrogen (secondary N) is 1. The van der Waals surface area contributed by atoms with Crippen LogP contribution in [0.15, 0.2) is 12.3 Å². The van der Waals surface area contributed by atoms with E-state index in [9.17, 15) is 0 Å². The van der Waals surface area contributed by atoms with Crippen LogP contribution in [0, 0.1) is 5.41 Å². The Hall–Kier alpha value is -1.32. The molecule has 40 valence electrons. The zero-order chi connectivity index (χ0) is 5.82. The molecular weight excluding hydrogens is 104 g/mol. The molecule has 0 bridgehead atoms. The highest BCUT2D eigenvalue weighted by Crippen LogP contribution is 1.78. The van der Waals surface area contributed by atoms with E-state index in [1.165, 1.54) is 6.20 Å². The van der Waals surface area contributed by atoms with Crippen molar-refractivity contribution in [2.45, 2.75) is 0 Å². The smallest absolute Gasteiger partial charge is 0.107 e. The van der Waals surface area contributed by atoms with Crippen molar-refractivity contribution < 1.29 is 0 Å². The predicted octanol–water partition coefficient (Wildman–Crippen LogP) is -0.131. The molecule has 0 aromatic carbocycles. The minimum absolute atomic E-state index is 0.528. The summed E-state index contributed by atoms with van der Waals surface area (Å²) in [5.74, 6) is 0. The Morgan fingerprint density at radius 1 is 1.62 bits per heavy atom.